The molecule has 1 saturated heterocycles. The minimum atomic E-state index is -0.00748. The van der Waals surface area contributed by atoms with E-state index in [9.17, 15) is 14.4 Å². The van der Waals surface area contributed by atoms with Gasteiger partial charge >= 0.3 is 11.9 Å². The van der Waals surface area contributed by atoms with Crippen LogP contribution in [0.2, 0.25) is 0 Å². The van der Waals surface area contributed by atoms with Crippen molar-refractivity contribution in [3.63, 3.8) is 0 Å². The molecule has 8 nitrogen and oxygen atoms in total. The highest BCUT2D eigenvalue weighted by atomic mass is 32.2. The molecule has 1 aliphatic rings. The van der Waals surface area contributed by atoms with Crippen LogP contribution in [0.5, 0.6) is 0 Å². The predicted octanol–water partition coefficient (Wildman–Crippen LogP) is 17.4. The van der Waals surface area contributed by atoms with Gasteiger partial charge in [0.25, 0.3) is 0 Å². The van der Waals surface area contributed by atoms with E-state index in [4.69, 9.17) is 9.47 Å². The molecule has 1 amide bonds. The maximum Gasteiger partial charge on any atom is 0.305 e. The van der Waals surface area contributed by atoms with E-state index >= 15 is 0 Å². The molecule has 1 fully saturated rings. The van der Waals surface area contributed by atoms with Gasteiger partial charge in [-0.25, -0.2) is 0 Å². The van der Waals surface area contributed by atoms with E-state index in [1.54, 1.807) is 0 Å². The third kappa shape index (κ3) is 44.7. The zero-order valence-corrected chi connectivity index (χ0v) is 49.8. The number of amides is 1. The Bertz CT molecular complexity index is 1090. The highest BCUT2D eigenvalue weighted by molar-refractivity contribution is 7.99. The Kier molecular flexibility index (Phi) is 52.5. The average molecular weight is 1020 g/mol. The number of hydrogen-bond donors (Lipinski definition) is 0. The Labute approximate surface area is 447 Å². The van der Waals surface area contributed by atoms with Crippen LogP contribution in [-0.4, -0.2) is 110 Å². The van der Waals surface area contributed by atoms with E-state index in [1.165, 1.54) is 159 Å². The fraction of sp³-hybridized carbons (Fsp3) is 0.952. The highest BCUT2D eigenvalue weighted by Gasteiger charge is 2.23. The van der Waals surface area contributed by atoms with Crippen LogP contribution in [0.3, 0.4) is 0 Å². The number of carbonyl (C=O) groups is 3. The number of piperazine rings is 1. The number of nitrogens with zero attached hydrogens (tertiary/aromatic N) is 3. The molecule has 0 spiro atoms. The van der Waals surface area contributed by atoms with Crippen LogP contribution in [0.1, 0.15) is 292 Å². The number of likely N-dealkylation sites (N-methyl/N-ethyl adjacent to an activating group) is 1. The summed E-state index contributed by atoms with van der Waals surface area (Å²) in [5.74, 6) is 4.03. The summed E-state index contributed by atoms with van der Waals surface area (Å²) in [6, 6.07) is 0.321. The van der Waals surface area contributed by atoms with Crippen molar-refractivity contribution in [2.45, 2.75) is 298 Å². The largest absolute Gasteiger partial charge is 0.465 e. The molecule has 1 heterocycles. The van der Waals surface area contributed by atoms with Gasteiger partial charge < -0.3 is 24.2 Å². The van der Waals surface area contributed by atoms with E-state index in [0.29, 0.717) is 56.3 Å². The monoisotopic (exact) mass is 1020 g/mol. The molecular weight excluding hydrogens is 899 g/mol. The summed E-state index contributed by atoms with van der Waals surface area (Å²) in [7, 11) is 2.21. The van der Waals surface area contributed by atoms with Gasteiger partial charge in [0, 0.05) is 58.0 Å². The molecule has 9 heteroatoms. The Balaban J connectivity index is 0.00000559. The fourth-order valence-corrected chi connectivity index (χ4v) is 10.8. The van der Waals surface area contributed by atoms with Gasteiger partial charge in [0.15, 0.2) is 0 Å². The van der Waals surface area contributed by atoms with E-state index in [1.807, 2.05) is 11.8 Å². The third-order valence-corrected chi connectivity index (χ3v) is 15.9. The first kappa shape index (κ1) is 69.7. The van der Waals surface area contributed by atoms with Crippen molar-refractivity contribution >= 4 is 29.6 Å². The van der Waals surface area contributed by atoms with Gasteiger partial charge in [-0.1, -0.05) is 203 Å². The molecule has 0 N–H and O–H groups in total. The van der Waals surface area contributed by atoms with Crippen LogP contribution in [0.25, 0.3) is 0 Å². The summed E-state index contributed by atoms with van der Waals surface area (Å²) in [6.45, 7) is 23.3. The molecule has 0 aromatic rings. The minimum absolute atomic E-state index is 0.00748. The van der Waals surface area contributed by atoms with Gasteiger partial charge in [0.05, 0.1) is 13.2 Å². The second kappa shape index (κ2) is 53.5. The number of unbranched alkanes of at least 4 members (excludes halogenated alkanes) is 20. The van der Waals surface area contributed by atoms with Crippen molar-refractivity contribution < 1.29 is 23.9 Å². The summed E-state index contributed by atoms with van der Waals surface area (Å²) in [5, 5.41) is 0. The van der Waals surface area contributed by atoms with E-state index in [-0.39, 0.29) is 11.9 Å². The molecule has 1 aliphatic heterocycles. The van der Waals surface area contributed by atoms with Gasteiger partial charge in [-0.3, -0.25) is 14.4 Å². The van der Waals surface area contributed by atoms with Gasteiger partial charge in [-0.05, 0) is 108 Å². The van der Waals surface area contributed by atoms with Crippen LogP contribution in [0.4, 0.5) is 0 Å². The van der Waals surface area contributed by atoms with Crippen LogP contribution in [0, 0.1) is 11.8 Å². The number of ether oxygens (including phenoxy) is 2. The second-order valence-corrected chi connectivity index (χ2v) is 23.2. The number of hydrogen-bond acceptors (Lipinski definition) is 8. The molecule has 2 unspecified atom stereocenters. The number of rotatable bonds is 50. The lowest BCUT2D eigenvalue weighted by Gasteiger charge is -2.35. The SMILES string of the molecule is CCCCCCC(CCCC)COC(=O)CCCCCCCCC(CCCCCCCCC(=O)OCC(CCCC)CCCCCC)N(CCCN1CCN(C)CC1)C(=O)CCC.CCCCCSCC. The van der Waals surface area contributed by atoms with Crippen molar-refractivity contribution in [3.8, 4) is 0 Å². The van der Waals surface area contributed by atoms with Crippen molar-refractivity contribution in [1.29, 1.82) is 0 Å². The van der Waals surface area contributed by atoms with Crippen LogP contribution in [-0.2, 0) is 23.9 Å². The standard InChI is InChI=1S/C55H107N3O5.C7H16S/c1-7-12-16-26-36-50(34-14-9-3)48-62-54(60)40-30-24-20-18-22-28-38-52(58(53(59)33-11-5)43-32-42-57-46-44-56(6)45-47-57)39-29-23-19-21-25-31-41-55(61)63-49-51(35-15-10-4)37-27-17-13-8-2;1-3-5-6-7-8-4-2/h50-52H,7-49H2,1-6H3;3-7H2,1-2H3. The highest BCUT2D eigenvalue weighted by Crippen LogP contribution is 2.23. The summed E-state index contributed by atoms with van der Waals surface area (Å²) < 4.78 is 11.5. The molecular formula is C62H123N3O5S. The third-order valence-electron chi connectivity index (χ3n) is 15.0. The van der Waals surface area contributed by atoms with Crippen LogP contribution < -0.4 is 0 Å². The Morgan fingerprint density at radius 1 is 0.451 bits per heavy atom. The first-order chi connectivity index (χ1) is 34.7. The summed E-state index contributed by atoms with van der Waals surface area (Å²) >= 11 is 2.05. The van der Waals surface area contributed by atoms with Gasteiger partial charge in [-0.15, -0.1) is 0 Å². The molecule has 0 aromatic heterocycles. The minimum Gasteiger partial charge on any atom is -0.465 e. The quantitative estimate of drug-likeness (QED) is 0.0440. The molecule has 0 aliphatic carbocycles. The number of carbonyl (C=O) groups excluding carboxylic acids is 3. The van der Waals surface area contributed by atoms with Gasteiger partial charge in [-0.2, -0.15) is 11.8 Å². The second-order valence-electron chi connectivity index (χ2n) is 21.8. The lowest BCUT2D eigenvalue weighted by molar-refractivity contribution is -0.146. The van der Waals surface area contributed by atoms with Crippen molar-refractivity contribution in [2.24, 2.45) is 11.8 Å². The lowest BCUT2D eigenvalue weighted by atomic mass is 9.96. The van der Waals surface area contributed by atoms with Crippen LogP contribution >= 0.6 is 11.8 Å². The number of thioether (sulfide) groups is 1. The Hall–Kier alpha value is -1.32. The molecule has 71 heavy (non-hydrogen) atoms. The topological polar surface area (TPSA) is 79.4 Å². The summed E-state index contributed by atoms with van der Waals surface area (Å²) in [5.41, 5.74) is 0. The molecule has 0 aromatic carbocycles. The maximum atomic E-state index is 13.7. The number of esters is 2. The molecule has 2 atom stereocenters. The fourth-order valence-electron chi connectivity index (χ4n) is 10.1. The average Bonchev–Trinajstić information content (AvgIpc) is 3.37. The molecule has 0 bridgehead atoms. The van der Waals surface area contributed by atoms with Crippen molar-refractivity contribution in [2.75, 3.05) is 71.0 Å². The van der Waals surface area contributed by atoms with Gasteiger partial charge in [0.2, 0.25) is 5.91 Å². The van der Waals surface area contributed by atoms with Crippen molar-refractivity contribution in [3.05, 3.63) is 0 Å². The summed E-state index contributed by atoms with van der Waals surface area (Å²) in [6.07, 6.45) is 43.3. The molecule has 0 radical (unpaired) electrons. The molecule has 0 saturated carbocycles. The normalized spacial score (nSPS) is 14.4. The molecule has 1 rings (SSSR count). The maximum absolute atomic E-state index is 13.7. The van der Waals surface area contributed by atoms with E-state index in [0.717, 1.165) is 116 Å². The van der Waals surface area contributed by atoms with E-state index < -0.39 is 0 Å². The molecule has 422 valence electrons. The predicted molar refractivity (Wildman–Crippen MR) is 311 cm³/mol. The lowest BCUT2D eigenvalue weighted by Crippen LogP contribution is -2.46. The Morgan fingerprint density at radius 3 is 1.31 bits per heavy atom. The Morgan fingerprint density at radius 2 is 0.859 bits per heavy atom. The smallest absolute Gasteiger partial charge is 0.305 e. The first-order valence-corrected chi connectivity index (χ1v) is 32.4. The first-order valence-electron chi connectivity index (χ1n) is 31.3. The zero-order chi connectivity index (χ0) is 52.3. The van der Waals surface area contributed by atoms with E-state index in [2.05, 4.69) is 70.2 Å². The zero-order valence-electron chi connectivity index (χ0n) is 49.0. The van der Waals surface area contributed by atoms with Crippen molar-refractivity contribution in [1.82, 2.24) is 14.7 Å². The van der Waals surface area contributed by atoms with Gasteiger partial charge in [0.1, 0.15) is 0 Å². The summed E-state index contributed by atoms with van der Waals surface area (Å²) in [4.78, 5) is 46.1. The van der Waals surface area contributed by atoms with Crippen LogP contribution in [0.15, 0.2) is 0 Å².